The highest BCUT2D eigenvalue weighted by molar-refractivity contribution is 5.95. The number of carbonyl (C=O) groups is 1. The van der Waals surface area contributed by atoms with Crippen molar-refractivity contribution < 1.29 is 4.79 Å². The molecule has 0 spiro atoms. The van der Waals surface area contributed by atoms with E-state index < -0.39 is 0 Å². The number of amides is 1. The maximum Gasteiger partial charge on any atom is 0.254 e. The van der Waals surface area contributed by atoms with Gasteiger partial charge in [0.05, 0.1) is 11.3 Å². The summed E-state index contributed by atoms with van der Waals surface area (Å²) in [6.07, 6.45) is 7.79. The van der Waals surface area contributed by atoms with Crippen molar-refractivity contribution in [3.63, 3.8) is 0 Å². The summed E-state index contributed by atoms with van der Waals surface area (Å²) in [6, 6.07) is 0.362. The molecule has 0 unspecified atom stereocenters. The molecule has 16 heavy (non-hydrogen) atoms. The van der Waals surface area contributed by atoms with Crippen molar-refractivity contribution >= 4 is 5.91 Å². The topological polar surface area (TPSA) is 46.9 Å². The SMILES string of the molecule is Cc1nn(C)cc1C(=O)NC1CCCCC1. The van der Waals surface area contributed by atoms with E-state index in [9.17, 15) is 4.79 Å². The highest BCUT2D eigenvalue weighted by Gasteiger charge is 2.18. The second kappa shape index (κ2) is 4.68. The molecule has 2 rings (SSSR count). The van der Waals surface area contributed by atoms with E-state index in [0.717, 1.165) is 18.5 Å². The molecule has 4 heteroatoms. The zero-order valence-electron chi connectivity index (χ0n) is 9.99. The molecule has 88 valence electrons. The van der Waals surface area contributed by atoms with Crippen LogP contribution in [-0.4, -0.2) is 21.7 Å². The average Bonchev–Trinajstić information content (AvgIpc) is 2.59. The highest BCUT2D eigenvalue weighted by atomic mass is 16.1. The smallest absolute Gasteiger partial charge is 0.254 e. The lowest BCUT2D eigenvalue weighted by Crippen LogP contribution is -2.36. The van der Waals surface area contributed by atoms with E-state index in [1.807, 2.05) is 14.0 Å². The third kappa shape index (κ3) is 2.43. The molecule has 1 aliphatic carbocycles. The molecule has 1 heterocycles. The number of hydrogen-bond acceptors (Lipinski definition) is 2. The van der Waals surface area contributed by atoms with Crippen LogP contribution in [0.1, 0.15) is 48.2 Å². The van der Waals surface area contributed by atoms with Crippen molar-refractivity contribution in [3.05, 3.63) is 17.5 Å². The summed E-state index contributed by atoms with van der Waals surface area (Å²) in [4.78, 5) is 12.0. The van der Waals surface area contributed by atoms with Gasteiger partial charge in [0.1, 0.15) is 0 Å². The standard InChI is InChI=1S/C12H19N3O/c1-9-11(8-15(2)14-9)12(16)13-10-6-4-3-5-7-10/h8,10H,3-7H2,1-2H3,(H,13,16). The third-order valence-corrected chi connectivity index (χ3v) is 3.20. The minimum atomic E-state index is 0.0255. The first kappa shape index (κ1) is 11.2. The van der Waals surface area contributed by atoms with Crippen molar-refractivity contribution in [1.82, 2.24) is 15.1 Å². The summed E-state index contributed by atoms with van der Waals surface area (Å²) in [5.74, 6) is 0.0255. The third-order valence-electron chi connectivity index (χ3n) is 3.20. The molecule has 0 atom stereocenters. The van der Waals surface area contributed by atoms with Crippen molar-refractivity contribution in [3.8, 4) is 0 Å². The number of aromatic nitrogens is 2. The maximum absolute atomic E-state index is 12.0. The van der Waals surface area contributed by atoms with Crippen molar-refractivity contribution in [1.29, 1.82) is 0 Å². The summed E-state index contributed by atoms with van der Waals surface area (Å²) in [5.41, 5.74) is 1.50. The van der Waals surface area contributed by atoms with E-state index in [2.05, 4.69) is 10.4 Å². The molecule has 0 aromatic carbocycles. The van der Waals surface area contributed by atoms with Gasteiger partial charge in [0.2, 0.25) is 0 Å². The van der Waals surface area contributed by atoms with Gasteiger partial charge in [0.15, 0.2) is 0 Å². The van der Waals surface area contributed by atoms with Crippen LogP contribution in [0.15, 0.2) is 6.20 Å². The molecular weight excluding hydrogens is 202 g/mol. The van der Waals surface area contributed by atoms with Crippen LogP contribution in [0, 0.1) is 6.92 Å². The second-order valence-electron chi connectivity index (χ2n) is 4.61. The van der Waals surface area contributed by atoms with E-state index in [4.69, 9.17) is 0 Å². The molecule has 1 aliphatic rings. The van der Waals surface area contributed by atoms with Gasteiger partial charge in [-0.1, -0.05) is 19.3 Å². The zero-order valence-corrected chi connectivity index (χ0v) is 9.99. The Bertz CT molecular complexity index is 378. The molecule has 0 bridgehead atoms. The lowest BCUT2D eigenvalue weighted by Gasteiger charge is -2.22. The van der Waals surface area contributed by atoms with Gasteiger partial charge in [0, 0.05) is 19.3 Å². The first-order chi connectivity index (χ1) is 7.66. The van der Waals surface area contributed by atoms with Crippen molar-refractivity contribution in [2.45, 2.75) is 45.1 Å². The van der Waals surface area contributed by atoms with E-state index in [1.165, 1.54) is 19.3 Å². The van der Waals surface area contributed by atoms with Gasteiger partial charge in [-0.2, -0.15) is 5.10 Å². The van der Waals surface area contributed by atoms with Crippen LogP contribution in [0.25, 0.3) is 0 Å². The first-order valence-electron chi connectivity index (χ1n) is 5.98. The van der Waals surface area contributed by atoms with Crippen LogP contribution in [0.5, 0.6) is 0 Å². The predicted octanol–water partition coefficient (Wildman–Crippen LogP) is 1.79. The predicted molar refractivity (Wildman–Crippen MR) is 62.3 cm³/mol. The molecule has 1 aromatic rings. The molecule has 1 aromatic heterocycles. The Balaban J connectivity index is 1.99. The minimum absolute atomic E-state index is 0.0255. The normalized spacial score (nSPS) is 17.4. The molecule has 1 saturated carbocycles. The summed E-state index contributed by atoms with van der Waals surface area (Å²) in [6.45, 7) is 1.87. The van der Waals surface area contributed by atoms with Crippen LogP contribution in [0.2, 0.25) is 0 Å². The second-order valence-corrected chi connectivity index (χ2v) is 4.61. The van der Waals surface area contributed by atoms with Crippen LogP contribution >= 0.6 is 0 Å². The van der Waals surface area contributed by atoms with Crippen LogP contribution in [0.3, 0.4) is 0 Å². The summed E-state index contributed by atoms with van der Waals surface area (Å²) < 4.78 is 1.69. The Hall–Kier alpha value is -1.32. The largest absolute Gasteiger partial charge is 0.349 e. The molecule has 1 fully saturated rings. The number of nitrogens with zero attached hydrogens (tertiary/aromatic N) is 2. The zero-order chi connectivity index (χ0) is 11.5. The molecule has 0 radical (unpaired) electrons. The molecule has 0 aliphatic heterocycles. The molecule has 4 nitrogen and oxygen atoms in total. The molecule has 1 amide bonds. The number of carbonyl (C=O) groups excluding carboxylic acids is 1. The van der Waals surface area contributed by atoms with Crippen LogP contribution < -0.4 is 5.32 Å². The van der Waals surface area contributed by atoms with Gasteiger partial charge in [0.25, 0.3) is 5.91 Å². The lowest BCUT2D eigenvalue weighted by atomic mass is 9.95. The number of nitrogens with one attached hydrogen (secondary N) is 1. The first-order valence-corrected chi connectivity index (χ1v) is 5.98. The summed E-state index contributed by atoms with van der Waals surface area (Å²) >= 11 is 0. The van der Waals surface area contributed by atoms with Gasteiger partial charge < -0.3 is 5.32 Å². The van der Waals surface area contributed by atoms with Crippen LogP contribution in [-0.2, 0) is 7.05 Å². The summed E-state index contributed by atoms with van der Waals surface area (Å²) in [7, 11) is 1.84. The average molecular weight is 221 g/mol. The van der Waals surface area contributed by atoms with Crippen molar-refractivity contribution in [2.24, 2.45) is 7.05 Å². The summed E-state index contributed by atoms with van der Waals surface area (Å²) in [5, 5.41) is 7.28. The fourth-order valence-corrected chi connectivity index (χ4v) is 2.33. The van der Waals surface area contributed by atoms with E-state index >= 15 is 0 Å². The Morgan fingerprint density at radius 2 is 2.12 bits per heavy atom. The van der Waals surface area contributed by atoms with Gasteiger partial charge in [-0.05, 0) is 19.8 Å². The van der Waals surface area contributed by atoms with E-state index in [-0.39, 0.29) is 5.91 Å². The Kier molecular flexibility index (Phi) is 3.27. The van der Waals surface area contributed by atoms with E-state index in [1.54, 1.807) is 10.9 Å². The maximum atomic E-state index is 12.0. The van der Waals surface area contributed by atoms with Gasteiger partial charge in [-0.15, -0.1) is 0 Å². The van der Waals surface area contributed by atoms with Gasteiger partial charge in [-0.25, -0.2) is 0 Å². The number of hydrogen-bond donors (Lipinski definition) is 1. The fourth-order valence-electron chi connectivity index (χ4n) is 2.33. The van der Waals surface area contributed by atoms with E-state index in [0.29, 0.717) is 11.6 Å². The van der Waals surface area contributed by atoms with Crippen LogP contribution in [0.4, 0.5) is 0 Å². The molecule has 0 saturated heterocycles. The monoisotopic (exact) mass is 221 g/mol. The van der Waals surface area contributed by atoms with Gasteiger partial charge in [-0.3, -0.25) is 9.48 Å². The quantitative estimate of drug-likeness (QED) is 0.827. The lowest BCUT2D eigenvalue weighted by molar-refractivity contribution is 0.0927. The Morgan fingerprint density at radius 1 is 1.44 bits per heavy atom. The number of rotatable bonds is 2. The fraction of sp³-hybridized carbons (Fsp3) is 0.667. The number of aryl methyl sites for hydroxylation is 2. The molecule has 1 N–H and O–H groups in total. The minimum Gasteiger partial charge on any atom is -0.349 e. The Labute approximate surface area is 96.0 Å². The van der Waals surface area contributed by atoms with Crippen molar-refractivity contribution in [2.75, 3.05) is 0 Å². The highest BCUT2D eigenvalue weighted by Crippen LogP contribution is 2.18. The molecular formula is C12H19N3O. The van der Waals surface area contributed by atoms with Gasteiger partial charge >= 0.3 is 0 Å². The Morgan fingerprint density at radius 3 is 2.69 bits per heavy atom.